The molecule has 0 saturated carbocycles. The van der Waals surface area contributed by atoms with Gasteiger partial charge in [0.2, 0.25) is 0 Å². The average molecular weight is 358 g/mol. The number of anilines is 1. The van der Waals surface area contributed by atoms with Gasteiger partial charge in [-0.2, -0.15) is 0 Å². The van der Waals surface area contributed by atoms with E-state index in [4.69, 9.17) is 16.3 Å². The molecule has 130 valence electrons. The second-order valence-electron chi connectivity index (χ2n) is 6.59. The van der Waals surface area contributed by atoms with Gasteiger partial charge in [-0.3, -0.25) is 9.59 Å². The Balaban J connectivity index is 2.04. The van der Waals surface area contributed by atoms with Crippen molar-refractivity contribution < 1.29 is 14.3 Å². The zero-order chi connectivity index (χ0) is 18.2. The third-order valence-electron chi connectivity index (χ3n) is 4.27. The minimum Gasteiger partial charge on any atom is -0.476 e. The summed E-state index contributed by atoms with van der Waals surface area (Å²) in [5, 5.41) is 0.647. The Labute approximate surface area is 152 Å². The molecule has 1 aliphatic rings. The molecule has 0 saturated heterocycles. The molecule has 0 bridgehead atoms. The Bertz CT molecular complexity index is 827. The second-order valence-corrected chi connectivity index (χ2v) is 7.03. The normalized spacial score (nSPS) is 15.5. The third kappa shape index (κ3) is 3.40. The molecule has 3 rings (SSSR count). The minimum atomic E-state index is -0.963. The van der Waals surface area contributed by atoms with Gasteiger partial charge in [0.25, 0.3) is 5.91 Å². The molecule has 0 radical (unpaired) electrons. The fraction of sp³-hybridized carbons (Fsp3) is 0.300. The highest BCUT2D eigenvalue weighted by Crippen LogP contribution is 2.39. The summed E-state index contributed by atoms with van der Waals surface area (Å²) in [5.41, 5.74) is 1.20. The van der Waals surface area contributed by atoms with E-state index in [1.807, 2.05) is 19.1 Å². The highest BCUT2D eigenvalue weighted by atomic mass is 35.5. The van der Waals surface area contributed by atoms with Crippen molar-refractivity contribution in [1.29, 1.82) is 0 Å². The number of halogens is 1. The van der Waals surface area contributed by atoms with E-state index < -0.39 is 5.60 Å². The quantitative estimate of drug-likeness (QED) is 0.749. The van der Waals surface area contributed by atoms with Crippen LogP contribution in [0, 0.1) is 0 Å². The number of ether oxygens (including phenoxy) is 1. The molecule has 0 aliphatic carbocycles. The molecular formula is C20H20ClNO3. The topological polar surface area (TPSA) is 46.6 Å². The SMILES string of the molecule is CCC(=O)c1ccc2c(c1)N(Cc1ccc(Cl)cc1)C(=O)C(C)(C)O2. The summed E-state index contributed by atoms with van der Waals surface area (Å²) < 4.78 is 5.86. The van der Waals surface area contributed by atoms with Crippen molar-refractivity contribution >= 4 is 29.0 Å². The van der Waals surface area contributed by atoms with Crippen LogP contribution in [-0.4, -0.2) is 17.3 Å². The Morgan fingerprint density at radius 3 is 2.48 bits per heavy atom. The van der Waals surface area contributed by atoms with E-state index in [1.165, 1.54) is 0 Å². The maximum absolute atomic E-state index is 12.9. The van der Waals surface area contributed by atoms with E-state index in [-0.39, 0.29) is 11.7 Å². The Morgan fingerprint density at radius 1 is 1.16 bits per heavy atom. The number of fused-ring (bicyclic) bond motifs is 1. The molecule has 0 spiro atoms. The van der Waals surface area contributed by atoms with E-state index in [0.29, 0.717) is 35.0 Å². The van der Waals surface area contributed by atoms with Crippen molar-refractivity contribution in [2.24, 2.45) is 0 Å². The van der Waals surface area contributed by atoms with Gasteiger partial charge in [-0.05, 0) is 49.7 Å². The molecule has 1 heterocycles. The van der Waals surface area contributed by atoms with Crippen molar-refractivity contribution in [3.05, 3.63) is 58.6 Å². The summed E-state index contributed by atoms with van der Waals surface area (Å²) in [6.45, 7) is 5.70. The van der Waals surface area contributed by atoms with Crippen molar-refractivity contribution in [3.8, 4) is 5.75 Å². The molecule has 2 aromatic rings. The van der Waals surface area contributed by atoms with Crippen LogP contribution in [-0.2, 0) is 11.3 Å². The van der Waals surface area contributed by atoms with Crippen molar-refractivity contribution in [2.45, 2.75) is 39.3 Å². The maximum atomic E-state index is 12.9. The summed E-state index contributed by atoms with van der Waals surface area (Å²) >= 11 is 5.94. The number of hydrogen-bond donors (Lipinski definition) is 0. The van der Waals surface area contributed by atoms with Gasteiger partial charge in [0, 0.05) is 17.0 Å². The number of carbonyl (C=O) groups excluding carboxylic acids is 2. The first-order valence-corrected chi connectivity index (χ1v) is 8.62. The first-order valence-electron chi connectivity index (χ1n) is 8.24. The van der Waals surface area contributed by atoms with Gasteiger partial charge >= 0.3 is 0 Å². The lowest BCUT2D eigenvalue weighted by Gasteiger charge is -2.39. The highest BCUT2D eigenvalue weighted by molar-refractivity contribution is 6.30. The van der Waals surface area contributed by atoms with Gasteiger partial charge in [-0.15, -0.1) is 0 Å². The minimum absolute atomic E-state index is 0.0338. The highest BCUT2D eigenvalue weighted by Gasteiger charge is 2.41. The first-order chi connectivity index (χ1) is 11.8. The molecule has 2 aromatic carbocycles. The summed E-state index contributed by atoms with van der Waals surface area (Å²) in [6, 6.07) is 12.6. The largest absolute Gasteiger partial charge is 0.476 e. The van der Waals surface area contributed by atoms with Crippen molar-refractivity contribution in [2.75, 3.05) is 4.90 Å². The number of carbonyl (C=O) groups is 2. The standard InChI is InChI=1S/C20H20ClNO3/c1-4-17(23)14-7-10-18-16(11-14)22(19(24)20(2,3)25-18)12-13-5-8-15(21)9-6-13/h5-11H,4,12H2,1-3H3. The lowest BCUT2D eigenvalue weighted by atomic mass is 10.0. The fourth-order valence-electron chi connectivity index (χ4n) is 2.87. The van der Waals surface area contributed by atoms with E-state index in [0.717, 1.165) is 5.56 Å². The van der Waals surface area contributed by atoms with Crippen LogP contribution in [0.15, 0.2) is 42.5 Å². The summed E-state index contributed by atoms with van der Waals surface area (Å²) in [4.78, 5) is 26.6. The Hall–Kier alpha value is -2.33. The Morgan fingerprint density at radius 2 is 1.84 bits per heavy atom. The predicted octanol–water partition coefficient (Wildman–Crippen LogP) is 4.64. The van der Waals surface area contributed by atoms with Crippen LogP contribution in [0.4, 0.5) is 5.69 Å². The number of ketones is 1. The monoisotopic (exact) mass is 357 g/mol. The number of nitrogens with zero attached hydrogens (tertiary/aromatic N) is 1. The smallest absolute Gasteiger partial charge is 0.271 e. The lowest BCUT2D eigenvalue weighted by Crippen LogP contribution is -2.52. The molecular weight excluding hydrogens is 338 g/mol. The Kier molecular flexibility index (Phi) is 4.56. The van der Waals surface area contributed by atoms with Gasteiger partial charge in [0.05, 0.1) is 12.2 Å². The average Bonchev–Trinajstić information content (AvgIpc) is 2.59. The zero-order valence-electron chi connectivity index (χ0n) is 14.5. The molecule has 5 heteroatoms. The summed E-state index contributed by atoms with van der Waals surface area (Å²) in [5.74, 6) is 0.494. The number of amides is 1. The van der Waals surface area contributed by atoms with Gasteiger partial charge in [0.1, 0.15) is 5.75 Å². The van der Waals surface area contributed by atoms with Crippen molar-refractivity contribution in [3.63, 3.8) is 0 Å². The van der Waals surface area contributed by atoms with Gasteiger partial charge in [-0.25, -0.2) is 0 Å². The van der Waals surface area contributed by atoms with Crippen LogP contribution in [0.5, 0.6) is 5.75 Å². The van der Waals surface area contributed by atoms with E-state index in [9.17, 15) is 9.59 Å². The molecule has 0 aromatic heterocycles. The molecule has 25 heavy (non-hydrogen) atoms. The molecule has 0 unspecified atom stereocenters. The molecule has 0 atom stereocenters. The van der Waals surface area contributed by atoms with Crippen molar-refractivity contribution in [1.82, 2.24) is 0 Å². The zero-order valence-corrected chi connectivity index (χ0v) is 15.3. The molecule has 4 nitrogen and oxygen atoms in total. The predicted molar refractivity (Wildman–Crippen MR) is 98.4 cm³/mol. The lowest BCUT2D eigenvalue weighted by molar-refractivity contribution is -0.132. The molecule has 0 fully saturated rings. The van der Waals surface area contributed by atoms with Crippen LogP contribution >= 0.6 is 11.6 Å². The molecule has 1 aliphatic heterocycles. The van der Waals surface area contributed by atoms with Crippen LogP contribution in [0.3, 0.4) is 0 Å². The van der Waals surface area contributed by atoms with E-state index in [1.54, 1.807) is 49.1 Å². The third-order valence-corrected chi connectivity index (χ3v) is 4.52. The maximum Gasteiger partial charge on any atom is 0.271 e. The second kappa shape index (κ2) is 6.52. The number of Topliss-reactive ketones (excluding diaryl/α,β-unsaturated/α-hetero) is 1. The van der Waals surface area contributed by atoms with E-state index >= 15 is 0 Å². The van der Waals surface area contributed by atoms with Crippen LogP contribution in [0.25, 0.3) is 0 Å². The van der Waals surface area contributed by atoms with E-state index in [2.05, 4.69) is 0 Å². The number of hydrogen-bond acceptors (Lipinski definition) is 3. The van der Waals surface area contributed by atoms with Gasteiger partial charge in [-0.1, -0.05) is 30.7 Å². The molecule has 1 amide bonds. The number of rotatable bonds is 4. The fourth-order valence-corrected chi connectivity index (χ4v) is 3.00. The number of benzene rings is 2. The van der Waals surface area contributed by atoms with Gasteiger partial charge in [0.15, 0.2) is 11.4 Å². The summed E-state index contributed by atoms with van der Waals surface area (Å²) in [7, 11) is 0. The summed E-state index contributed by atoms with van der Waals surface area (Å²) in [6.07, 6.45) is 0.413. The van der Waals surface area contributed by atoms with Crippen LogP contribution in [0.2, 0.25) is 5.02 Å². The van der Waals surface area contributed by atoms with Gasteiger partial charge < -0.3 is 9.64 Å². The molecule has 0 N–H and O–H groups in total. The van der Waals surface area contributed by atoms with Crippen LogP contribution < -0.4 is 9.64 Å². The van der Waals surface area contributed by atoms with Crippen LogP contribution in [0.1, 0.15) is 43.1 Å². The first kappa shape index (κ1) is 17.5.